The van der Waals surface area contributed by atoms with Gasteiger partial charge in [-0.1, -0.05) is 31.2 Å². The number of phenolic OH excluding ortho intramolecular Hbond substituents is 1. The van der Waals surface area contributed by atoms with Crippen molar-refractivity contribution in [1.29, 1.82) is 0 Å². The molecule has 0 aliphatic carbocycles. The van der Waals surface area contributed by atoms with Gasteiger partial charge >= 0.3 is 0 Å². The molecule has 1 amide bonds. The summed E-state index contributed by atoms with van der Waals surface area (Å²) in [4.78, 5) is 20.5. The van der Waals surface area contributed by atoms with Crippen LogP contribution in [-0.4, -0.2) is 33.6 Å². The number of benzene rings is 2. The van der Waals surface area contributed by atoms with Gasteiger partial charge in [0, 0.05) is 24.3 Å². The second-order valence-electron chi connectivity index (χ2n) is 6.46. The lowest BCUT2D eigenvalue weighted by Crippen LogP contribution is -2.28. The fourth-order valence-corrected chi connectivity index (χ4v) is 2.80. The van der Waals surface area contributed by atoms with E-state index in [1.165, 1.54) is 0 Å². The molecule has 7 heteroatoms. The van der Waals surface area contributed by atoms with Crippen molar-refractivity contribution in [2.45, 2.75) is 19.4 Å². The number of nitrogens with one attached hydrogen (secondary N) is 1. The Labute approximate surface area is 163 Å². The molecule has 7 nitrogen and oxygen atoms in total. The molecule has 0 saturated carbocycles. The third-order valence-corrected chi connectivity index (χ3v) is 4.47. The minimum atomic E-state index is -0.514. The number of aromatic hydroxyl groups is 1. The molecule has 0 aliphatic rings. The maximum atomic E-state index is 11.7. The van der Waals surface area contributed by atoms with Gasteiger partial charge in [0.05, 0.1) is 5.56 Å². The highest BCUT2D eigenvalue weighted by atomic mass is 16.3. The molecule has 0 fully saturated rings. The summed E-state index contributed by atoms with van der Waals surface area (Å²) in [5.41, 5.74) is 13.7. The van der Waals surface area contributed by atoms with Gasteiger partial charge in [-0.15, -0.1) is 0 Å². The summed E-state index contributed by atoms with van der Waals surface area (Å²) in [6, 6.07) is 13.9. The molecule has 0 aliphatic heterocycles. The first kappa shape index (κ1) is 19.3. The molecule has 1 atom stereocenters. The van der Waals surface area contributed by atoms with Crippen LogP contribution in [0.4, 0.5) is 5.82 Å². The highest BCUT2D eigenvalue weighted by Crippen LogP contribution is 2.33. The Morgan fingerprint density at radius 2 is 1.96 bits per heavy atom. The van der Waals surface area contributed by atoms with Crippen LogP contribution in [0.3, 0.4) is 0 Å². The fourth-order valence-electron chi connectivity index (χ4n) is 2.80. The summed E-state index contributed by atoms with van der Waals surface area (Å²) in [6.45, 7) is 2.61. The summed E-state index contributed by atoms with van der Waals surface area (Å²) in [5, 5.41) is 13.5. The van der Waals surface area contributed by atoms with E-state index in [1.54, 1.807) is 48.7 Å². The van der Waals surface area contributed by atoms with Crippen LogP contribution in [0.15, 0.2) is 54.7 Å². The molecule has 0 radical (unpaired) electrons. The lowest BCUT2D eigenvalue weighted by Gasteiger charge is -2.12. The minimum Gasteiger partial charge on any atom is -0.507 e. The van der Waals surface area contributed by atoms with Crippen molar-refractivity contribution in [3.05, 3.63) is 60.3 Å². The number of primary amides is 1. The van der Waals surface area contributed by atoms with E-state index in [0.717, 1.165) is 12.0 Å². The van der Waals surface area contributed by atoms with Gasteiger partial charge in [-0.05, 0) is 41.8 Å². The maximum absolute atomic E-state index is 11.7. The van der Waals surface area contributed by atoms with E-state index in [-0.39, 0.29) is 11.8 Å². The zero-order chi connectivity index (χ0) is 20.1. The molecule has 0 bridgehead atoms. The topological polar surface area (TPSA) is 127 Å². The summed E-state index contributed by atoms with van der Waals surface area (Å²) < 4.78 is 0. The smallest absolute Gasteiger partial charge is 0.249 e. The normalized spacial score (nSPS) is 11.8. The second kappa shape index (κ2) is 8.49. The summed E-state index contributed by atoms with van der Waals surface area (Å²) in [6.07, 6.45) is 2.47. The molecule has 1 aromatic heterocycles. The number of carbonyl (C=O) groups excluding carboxylic acids is 1. The monoisotopic (exact) mass is 377 g/mol. The highest BCUT2D eigenvalue weighted by molar-refractivity contribution is 6.00. The lowest BCUT2D eigenvalue weighted by atomic mass is 9.97. The van der Waals surface area contributed by atoms with Crippen LogP contribution in [-0.2, 0) is 0 Å². The number of carbonyl (C=O) groups is 1. The quantitative estimate of drug-likeness (QED) is 0.501. The van der Waals surface area contributed by atoms with Gasteiger partial charge in [0.15, 0.2) is 5.82 Å². The number of aromatic nitrogens is 2. The van der Waals surface area contributed by atoms with Crippen molar-refractivity contribution in [3.8, 4) is 28.3 Å². The largest absolute Gasteiger partial charge is 0.507 e. The zero-order valence-electron chi connectivity index (χ0n) is 15.6. The van der Waals surface area contributed by atoms with Crippen molar-refractivity contribution in [3.63, 3.8) is 0 Å². The summed E-state index contributed by atoms with van der Waals surface area (Å²) >= 11 is 0. The molecule has 1 heterocycles. The summed E-state index contributed by atoms with van der Waals surface area (Å²) in [7, 11) is 0. The van der Waals surface area contributed by atoms with Crippen LogP contribution in [0.25, 0.3) is 22.5 Å². The maximum Gasteiger partial charge on any atom is 0.249 e. The molecule has 3 aromatic rings. The van der Waals surface area contributed by atoms with Gasteiger partial charge in [0.2, 0.25) is 5.91 Å². The molecule has 0 spiro atoms. The van der Waals surface area contributed by atoms with Gasteiger partial charge in [0.1, 0.15) is 11.6 Å². The number of anilines is 1. The van der Waals surface area contributed by atoms with E-state index in [0.29, 0.717) is 34.9 Å². The third kappa shape index (κ3) is 4.27. The fraction of sp³-hybridized carbons (Fsp3) is 0.190. The number of nitrogens with zero attached hydrogens (tertiary/aromatic N) is 2. The van der Waals surface area contributed by atoms with Gasteiger partial charge in [-0.3, -0.25) is 4.79 Å². The molecule has 28 heavy (non-hydrogen) atoms. The molecule has 144 valence electrons. The van der Waals surface area contributed by atoms with E-state index in [2.05, 4.69) is 15.3 Å². The highest BCUT2D eigenvalue weighted by Gasteiger charge is 2.14. The first-order chi connectivity index (χ1) is 13.5. The van der Waals surface area contributed by atoms with Crippen molar-refractivity contribution in [2.24, 2.45) is 11.5 Å². The Balaban J connectivity index is 1.98. The van der Waals surface area contributed by atoms with Crippen molar-refractivity contribution < 1.29 is 9.90 Å². The van der Waals surface area contributed by atoms with E-state index >= 15 is 0 Å². The zero-order valence-corrected chi connectivity index (χ0v) is 15.6. The average molecular weight is 377 g/mol. The van der Waals surface area contributed by atoms with Crippen LogP contribution < -0.4 is 16.8 Å². The number of phenols is 1. The number of hydrogen-bond acceptors (Lipinski definition) is 6. The van der Waals surface area contributed by atoms with Crippen LogP contribution in [0.1, 0.15) is 23.7 Å². The number of amides is 1. The molecule has 0 saturated heterocycles. The molecule has 3 rings (SSSR count). The Hall–Kier alpha value is -3.45. The minimum absolute atomic E-state index is 0.0282. The van der Waals surface area contributed by atoms with E-state index in [1.807, 2.05) is 13.0 Å². The second-order valence-corrected chi connectivity index (χ2v) is 6.46. The SMILES string of the molecule is CC[C@H](N)CNc1ccnc(-c2cc(-c3ccccc3C(N)=O)ccc2O)n1. The molecule has 2 aromatic carbocycles. The van der Waals surface area contributed by atoms with E-state index in [9.17, 15) is 9.90 Å². The average Bonchev–Trinajstić information content (AvgIpc) is 2.72. The molecule has 6 N–H and O–H groups in total. The van der Waals surface area contributed by atoms with Gasteiger partial charge in [0.25, 0.3) is 0 Å². The van der Waals surface area contributed by atoms with Crippen LogP contribution in [0, 0.1) is 0 Å². The molecular formula is C21H23N5O2. The standard InChI is InChI=1S/C21H23N5O2/c1-2-14(22)12-25-19-9-10-24-21(26-19)17-11-13(7-8-18(17)27)15-5-3-4-6-16(15)20(23)28/h3-11,14,27H,2,12,22H2,1H3,(H2,23,28)(H,24,25,26)/t14-/m0/s1. The Bertz CT molecular complexity index is 990. The van der Waals surface area contributed by atoms with E-state index < -0.39 is 5.91 Å². The van der Waals surface area contributed by atoms with Crippen molar-refractivity contribution >= 4 is 11.7 Å². The number of rotatable bonds is 7. The number of hydrogen-bond donors (Lipinski definition) is 4. The lowest BCUT2D eigenvalue weighted by molar-refractivity contribution is 0.100. The molecular weight excluding hydrogens is 354 g/mol. The predicted octanol–water partition coefficient (Wildman–Crippen LogP) is 2.76. The van der Waals surface area contributed by atoms with Gasteiger partial charge in [-0.2, -0.15) is 0 Å². The summed E-state index contributed by atoms with van der Waals surface area (Å²) in [5.74, 6) is 0.518. The van der Waals surface area contributed by atoms with Gasteiger partial charge < -0.3 is 21.9 Å². The van der Waals surface area contributed by atoms with Crippen molar-refractivity contribution in [2.75, 3.05) is 11.9 Å². The van der Waals surface area contributed by atoms with Gasteiger partial charge in [-0.25, -0.2) is 9.97 Å². The number of nitrogens with two attached hydrogens (primary N) is 2. The first-order valence-electron chi connectivity index (χ1n) is 9.04. The van der Waals surface area contributed by atoms with Crippen LogP contribution in [0.2, 0.25) is 0 Å². The first-order valence-corrected chi connectivity index (χ1v) is 9.04. The van der Waals surface area contributed by atoms with Crippen LogP contribution >= 0.6 is 0 Å². The molecule has 0 unspecified atom stereocenters. The Morgan fingerprint density at radius 1 is 1.18 bits per heavy atom. The van der Waals surface area contributed by atoms with Crippen LogP contribution in [0.5, 0.6) is 5.75 Å². The van der Waals surface area contributed by atoms with Crippen molar-refractivity contribution in [1.82, 2.24) is 9.97 Å². The Kier molecular flexibility index (Phi) is 5.86. The Morgan fingerprint density at radius 3 is 2.71 bits per heavy atom. The predicted molar refractivity (Wildman–Crippen MR) is 110 cm³/mol. The van der Waals surface area contributed by atoms with E-state index in [4.69, 9.17) is 11.5 Å². The third-order valence-electron chi connectivity index (χ3n) is 4.47.